The molecule has 180 valence electrons. The summed E-state index contributed by atoms with van der Waals surface area (Å²) in [6, 6.07) is 5.48. The maximum Gasteiger partial charge on any atom is 0.418 e. The standard InChI is InChI=1S/C8H5F5O.C7H4F2O.C4H9F3Si/c9-4-2-1-3-5(10)6(4)7(14)8(11,12)13;8-6-2-1-3-7(9)5(6)4-10;1-8(2,3)4(5,6)7/h1-3,7,14H;1-4H;1-3H3. The van der Waals surface area contributed by atoms with Crippen LogP contribution in [0.5, 0.6) is 0 Å². The van der Waals surface area contributed by atoms with Gasteiger partial charge < -0.3 is 5.11 Å². The highest BCUT2D eigenvalue weighted by Crippen LogP contribution is 2.34. The number of aldehydes is 1. The zero-order chi connectivity index (χ0) is 25.5. The van der Waals surface area contributed by atoms with Crippen LogP contribution in [0.1, 0.15) is 22.0 Å². The molecular weight excluding hydrogens is 478 g/mol. The van der Waals surface area contributed by atoms with E-state index in [0.29, 0.717) is 12.1 Å². The van der Waals surface area contributed by atoms with E-state index < -0.39 is 60.5 Å². The molecule has 1 N–H and O–H groups in total. The Hall–Kier alpha value is -2.41. The van der Waals surface area contributed by atoms with Gasteiger partial charge in [-0.3, -0.25) is 4.79 Å². The van der Waals surface area contributed by atoms with E-state index in [4.69, 9.17) is 5.11 Å². The van der Waals surface area contributed by atoms with Gasteiger partial charge >= 0.3 is 12.0 Å². The van der Waals surface area contributed by atoms with Crippen LogP contribution in [0.4, 0.5) is 43.9 Å². The Morgan fingerprint density at radius 1 is 0.781 bits per heavy atom. The zero-order valence-electron chi connectivity index (χ0n) is 16.8. The molecule has 0 fully saturated rings. The van der Waals surface area contributed by atoms with Crippen LogP contribution < -0.4 is 0 Å². The summed E-state index contributed by atoms with van der Waals surface area (Å²) in [5.74, 6) is -8.41. The summed E-state index contributed by atoms with van der Waals surface area (Å²) < 4.78 is 121. The van der Waals surface area contributed by atoms with Crippen molar-refractivity contribution in [2.45, 2.75) is 37.7 Å². The minimum Gasteiger partial charge on any atom is -0.379 e. The first-order valence-corrected chi connectivity index (χ1v) is 12.0. The molecular formula is C19H18F10O2Si. The quantitative estimate of drug-likeness (QED) is 0.283. The molecule has 2 rings (SSSR count). The largest absolute Gasteiger partial charge is 0.418 e. The fourth-order valence-corrected chi connectivity index (χ4v) is 1.56. The van der Waals surface area contributed by atoms with Crippen LogP contribution in [0.3, 0.4) is 0 Å². The van der Waals surface area contributed by atoms with E-state index in [1.54, 1.807) is 0 Å². The molecule has 2 aromatic rings. The minimum absolute atomic E-state index is 0.157. The second kappa shape index (κ2) is 11.5. The number of aliphatic hydroxyl groups excluding tert-OH is 1. The van der Waals surface area contributed by atoms with Gasteiger partial charge in [-0.1, -0.05) is 31.8 Å². The number of hydrogen-bond acceptors (Lipinski definition) is 2. The second-order valence-corrected chi connectivity index (χ2v) is 12.1. The van der Waals surface area contributed by atoms with Gasteiger partial charge in [-0.05, 0) is 24.3 Å². The van der Waals surface area contributed by atoms with Crippen LogP contribution in [0, 0.1) is 23.3 Å². The SMILES string of the molecule is C[Si](C)(C)C(F)(F)F.O=Cc1c(F)cccc1F.OC(c1c(F)cccc1F)C(F)(F)F. The molecule has 0 saturated heterocycles. The number of halogens is 10. The number of carbonyl (C=O) groups excluding carboxylic acids is 1. The van der Waals surface area contributed by atoms with Crippen LogP contribution in [-0.2, 0) is 0 Å². The predicted octanol–water partition coefficient (Wildman–Crippen LogP) is 6.76. The molecule has 32 heavy (non-hydrogen) atoms. The monoisotopic (exact) mass is 496 g/mol. The van der Waals surface area contributed by atoms with Gasteiger partial charge in [0.2, 0.25) is 0 Å². The maximum absolute atomic E-state index is 12.7. The number of aliphatic hydroxyl groups is 1. The predicted molar refractivity (Wildman–Crippen MR) is 98.5 cm³/mol. The average molecular weight is 496 g/mol. The second-order valence-electron chi connectivity index (χ2n) is 7.08. The molecule has 0 heterocycles. The molecule has 1 unspecified atom stereocenters. The van der Waals surface area contributed by atoms with Crippen LogP contribution in [0.2, 0.25) is 19.6 Å². The lowest BCUT2D eigenvalue weighted by atomic mass is 10.1. The number of hydrogen-bond donors (Lipinski definition) is 1. The van der Waals surface area contributed by atoms with Gasteiger partial charge in [-0.2, -0.15) is 26.3 Å². The lowest BCUT2D eigenvalue weighted by Gasteiger charge is -2.19. The number of rotatable bonds is 2. The van der Waals surface area contributed by atoms with Gasteiger partial charge in [-0.15, -0.1) is 0 Å². The third kappa shape index (κ3) is 8.98. The molecule has 0 radical (unpaired) electrons. The van der Waals surface area contributed by atoms with Crippen molar-refractivity contribution in [3.05, 3.63) is 70.8 Å². The molecule has 0 saturated carbocycles. The summed E-state index contributed by atoms with van der Waals surface area (Å²) in [4.78, 5) is 9.97. The molecule has 13 heteroatoms. The molecule has 0 aliphatic carbocycles. The third-order valence-corrected chi connectivity index (χ3v) is 5.25. The van der Waals surface area contributed by atoms with Crippen LogP contribution in [0.25, 0.3) is 0 Å². The van der Waals surface area contributed by atoms with Gasteiger partial charge in [0.25, 0.3) is 0 Å². The smallest absolute Gasteiger partial charge is 0.379 e. The first-order valence-electron chi connectivity index (χ1n) is 8.49. The first kappa shape index (κ1) is 29.6. The molecule has 0 amide bonds. The zero-order valence-corrected chi connectivity index (χ0v) is 17.8. The fourth-order valence-electron chi connectivity index (χ4n) is 1.56. The Balaban J connectivity index is 0.000000472. The van der Waals surface area contributed by atoms with Crippen LogP contribution in [0.15, 0.2) is 36.4 Å². The molecule has 1 atom stereocenters. The Kier molecular flexibility index (Phi) is 10.6. The summed E-state index contributed by atoms with van der Waals surface area (Å²) in [7, 11) is -2.86. The van der Waals surface area contributed by atoms with E-state index in [0.717, 1.165) is 18.2 Å². The van der Waals surface area contributed by atoms with Crippen molar-refractivity contribution < 1.29 is 53.8 Å². The normalized spacial score (nSPS) is 12.7. The van der Waals surface area contributed by atoms with E-state index in [-0.39, 0.29) is 6.29 Å². The van der Waals surface area contributed by atoms with Gasteiger partial charge in [-0.25, -0.2) is 17.6 Å². The molecule has 2 aromatic carbocycles. The first-order chi connectivity index (χ1) is 14.3. The van der Waals surface area contributed by atoms with E-state index >= 15 is 0 Å². The third-order valence-electron chi connectivity index (χ3n) is 3.55. The van der Waals surface area contributed by atoms with Crippen molar-refractivity contribution in [1.82, 2.24) is 0 Å². The van der Waals surface area contributed by atoms with E-state index in [9.17, 15) is 48.7 Å². The molecule has 2 nitrogen and oxygen atoms in total. The highest BCUT2D eigenvalue weighted by Gasteiger charge is 2.45. The Labute approximate surface area is 177 Å². The molecule has 0 spiro atoms. The molecule has 0 bridgehead atoms. The molecule has 0 aromatic heterocycles. The summed E-state index contributed by atoms with van der Waals surface area (Å²) in [6.07, 6.45) is -8.06. The van der Waals surface area contributed by atoms with Gasteiger partial charge in [0.15, 0.2) is 20.5 Å². The Morgan fingerprint density at radius 3 is 1.31 bits per heavy atom. The van der Waals surface area contributed by atoms with Gasteiger partial charge in [0.1, 0.15) is 23.3 Å². The van der Waals surface area contributed by atoms with E-state index in [1.165, 1.54) is 25.7 Å². The van der Waals surface area contributed by atoms with Crippen molar-refractivity contribution in [3.8, 4) is 0 Å². The minimum atomic E-state index is -5.08. The lowest BCUT2D eigenvalue weighted by Crippen LogP contribution is -2.40. The van der Waals surface area contributed by atoms with Crippen LogP contribution >= 0.6 is 0 Å². The van der Waals surface area contributed by atoms with Crippen molar-refractivity contribution in [3.63, 3.8) is 0 Å². The van der Waals surface area contributed by atoms with Gasteiger partial charge in [0.05, 0.1) is 11.1 Å². The molecule has 0 aliphatic heterocycles. The van der Waals surface area contributed by atoms with Crippen molar-refractivity contribution in [2.75, 3.05) is 0 Å². The molecule has 0 aliphatic rings. The number of carbonyl (C=O) groups is 1. The topological polar surface area (TPSA) is 37.3 Å². The Morgan fingerprint density at radius 2 is 1.09 bits per heavy atom. The van der Waals surface area contributed by atoms with Crippen molar-refractivity contribution >= 4 is 14.4 Å². The summed E-state index contributed by atoms with van der Waals surface area (Å²) in [5, 5.41) is 8.61. The highest BCUT2D eigenvalue weighted by molar-refractivity contribution is 6.77. The maximum atomic E-state index is 12.7. The van der Waals surface area contributed by atoms with Crippen LogP contribution in [-0.4, -0.2) is 31.4 Å². The van der Waals surface area contributed by atoms with E-state index in [1.807, 2.05) is 0 Å². The summed E-state index contributed by atoms with van der Waals surface area (Å²) in [6.45, 7) is 3.85. The highest BCUT2D eigenvalue weighted by atomic mass is 28.3. The van der Waals surface area contributed by atoms with Crippen molar-refractivity contribution in [1.29, 1.82) is 0 Å². The lowest BCUT2D eigenvalue weighted by molar-refractivity contribution is -0.208. The van der Waals surface area contributed by atoms with E-state index in [2.05, 4.69) is 0 Å². The Bertz CT molecular complexity index is 837. The number of alkyl halides is 6. The summed E-state index contributed by atoms with van der Waals surface area (Å²) in [5.41, 5.74) is -1.89. The fraction of sp³-hybridized carbons (Fsp3) is 0.316. The van der Waals surface area contributed by atoms with Gasteiger partial charge in [0, 0.05) is 0 Å². The average Bonchev–Trinajstić information content (AvgIpc) is 2.60. The number of benzene rings is 2. The summed E-state index contributed by atoms with van der Waals surface area (Å²) >= 11 is 0. The van der Waals surface area contributed by atoms with Crippen molar-refractivity contribution in [2.24, 2.45) is 0 Å².